The lowest BCUT2D eigenvalue weighted by Crippen LogP contribution is -2.55. The van der Waals surface area contributed by atoms with Crippen LogP contribution in [0.25, 0.3) is 0 Å². The standard InChI is InChI=1S/C10H18N2O3/c1-7-4-12(5-9(14)15)6-10(7,11-3)8(2)13/h7,11H,4-6H2,1-3H3,(H,14,15)/t7?,10-/m1/s1. The number of carbonyl (C=O) groups excluding carboxylic acids is 1. The third-order valence-electron chi connectivity index (χ3n) is 3.28. The lowest BCUT2D eigenvalue weighted by atomic mass is 9.85. The van der Waals surface area contributed by atoms with Crippen LogP contribution in [0.4, 0.5) is 0 Å². The number of rotatable bonds is 4. The molecule has 0 aliphatic carbocycles. The number of carboxylic acids is 1. The molecule has 1 rings (SSSR count). The predicted octanol–water partition coefficient (Wildman–Crippen LogP) is -0.430. The summed E-state index contributed by atoms with van der Waals surface area (Å²) < 4.78 is 0. The number of hydrogen-bond acceptors (Lipinski definition) is 4. The summed E-state index contributed by atoms with van der Waals surface area (Å²) in [6.07, 6.45) is 0. The van der Waals surface area contributed by atoms with Gasteiger partial charge in [-0.1, -0.05) is 6.92 Å². The van der Waals surface area contributed by atoms with Crippen molar-refractivity contribution in [3.63, 3.8) is 0 Å². The van der Waals surface area contributed by atoms with E-state index in [1.165, 1.54) is 0 Å². The number of nitrogens with one attached hydrogen (secondary N) is 1. The maximum atomic E-state index is 11.6. The molecule has 1 aliphatic heterocycles. The summed E-state index contributed by atoms with van der Waals surface area (Å²) in [6, 6.07) is 0. The lowest BCUT2D eigenvalue weighted by molar-refractivity contribution is -0.138. The van der Waals surface area contributed by atoms with E-state index in [0.717, 1.165) is 0 Å². The second kappa shape index (κ2) is 4.28. The summed E-state index contributed by atoms with van der Waals surface area (Å²) in [5.74, 6) is -0.637. The molecule has 1 fully saturated rings. The van der Waals surface area contributed by atoms with Crippen molar-refractivity contribution in [2.24, 2.45) is 5.92 Å². The summed E-state index contributed by atoms with van der Waals surface area (Å²) in [5, 5.41) is 11.7. The minimum Gasteiger partial charge on any atom is -0.480 e. The molecule has 0 radical (unpaired) electrons. The fraction of sp³-hybridized carbons (Fsp3) is 0.800. The molecule has 0 spiro atoms. The molecular weight excluding hydrogens is 196 g/mol. The van der Waals surface area contributed by atoms with E-state index in [1.807, 2.05) is 6.92 Å². The zero-order chi connectivity index (χ0) is 11.6. The Morgan fingerprint density at radius 1 is 1.60 bits per heavy atom. The highest BCUT2D eigenvalue weighted by molar-refractivity contribution is 5.87. The Balaban J connectivity index is 2.77. The second-order valence-electron chi connectivity index (χ2n) is 4.24. The Morgan fingerprint density at radius 2 is 2.20 bits per heavy atom. The molecule has 15 heavy (non-hydrogen) atoms. The van der Waals surface area contributed by atoms with Crippen LogP contribution in [0.1, 0.15) is 13.8 Å². The Morgan fingerprint density at radius 3 is 2.53 bits per heavy atom. The van der Waals surface area contributed by atoms with Gasteiger partial charge in [-0.15, -0.1) is 0 Å². The van der Waals surface area contributed by atoms with Crippen molar-refractivity contribution in [2.45, 2.75) is 19.4 Å². The third kappa shape index (κ3) is 2.18. The number of Topliss-reactive ketones (excluding diaryl/α,β-unsaturated/α-hetero) is 1. The minimum absolute atomic E-state index is 0.00104. The first-order chi connectivity index (χ1) is 6.92. The van der Waals surface area contributed by atoms with Crippen molar-refractivity contribution >= 4 is 11.8 Å². The van der Waals surface area contributed by atoms with Gasteiger partial charge in [0.1, 0.15) is 0 Å². The van der Waals surface area contributed by atoms with E-state index in [1.54, 1.807) is 18.9 Å². The van der Waals surface area contributed by atoms with E-state index >= 15 is 0 Å². The smallest absolute Gasteiger partial charge is 0.317 e. The molecule has 0 amide bonds. The quantitative estimate of drug-likeness (QED) is 0.664. The summed E-state index contributed by atoms with van der Waals surface area (Å²) >= 11 is 0. The first-order valence-electron chi connectivity index (χ1n) is 5.06. The molecule has 0 bridgehead atoms. The fourth-order valence-corrected chi connectivity index (χ4v) is 2.39. The largest absolute Gasteiger partial charge is 0.480 e. The first-order valence-corrected chi connectivity index (χ1v) is 5.06. The summed E-state index contributed by atoms with van der Waals surface area (Å²) in [6.45, 7) is 4.65. The van der Waals surface area contributed by atoms with Crippen LogP contribution in [-0.4, -0.2) is 54.0 Å². The van der Waals surface area contributed by atoms with E-state index in [-0.39, 0.29) is 18.2 Å². The van der Waals surface area contributed by atoms with Gasteiger partial charge in [-0.05, 0) is 19.9 Å². The molecule has 2 atom stereocenters. The molecule has 2 N–H and O–H groups in total. The van der Waals surface area contributed by atoms with Gasteiger partial charge in [-0.2, -0.15) is 0 Å². The highest BCUT2D eigenvalue weighted by atomic mass is 16.4. The van der Waals surface area contributed by atoms with Crippen LogP contribution in [0.2, 0.25) is 0 Å². The van der Waals surface area contributed by atoms with Crippen LogP contribution in [0.15, 0.2) is 0 Å². The first kappa shape index (κ1) is 12.1. The van der Waals surface area contributed by atoms with Crippen LogP contribution in [-0.2, 0) is 9.59 Å². The van der Waals surface area contributed by atoms with Gasteiger partial charge in [0.05, 0.1) is 12.1 Å². The van der Waals surface area contributed by atoms with Crippen LogP contribution in [0.3, 0.4) is 0 Å². The molecular formula is C10H18N2O3. The SMILES string of the molecule is CN[C@]1(C(C)=O)CN(CC(=O)O)CC1C. The van der Waals surface area contributed by atoms with Crippen molar-refractivity contribution in [1.29, 1.82) is 0 Å². The molecule has 1 heterocycles. The number of likely N-dealkylation sites (tertiary alicyclic amines) is 1. The number of carbonyl (C=O) groups is 2. The highest BCUT2D eigenvalue weighted by Crippen LogP contribution is 2.27. The summed E-state index contributed by atoms with van der Waals surface area (Å²) in [5.41, 5.74) is -0.574. The maximum absolute atomic E-state index is 11.6. The van der Waals surface area contributed by atoms with Crippen LogP contribution >= 0.6 is 0 Å². The van der Waals surface area contributed by atoms with Crippen LogP contribution in [0, 0.1) is 5.92 Å². The number of nitrogens with zero attached hydrogens (tertiary/aromatic N) is 1. The number of carboxylic acid groups (broad SMARTS) is 1. The van der Waals surface area contributed by atoms with Crippen molar-refractivity contribution in [1.82, 2.24) is 10.2 Å². The zero-order valence-corrected chi connectivity index (χ0v) is 9.41. The van der Waals surface area contributed by atoms with Crippen molar-refractivity contribution in [3.8, 4) is 0 Å². The molecule has 86 valence electrons. The molecule has 0 aromatic rings. The Kier molecular flexibility index (Phi) is 3.46. The van der Waals surface area contributed by atoms with E-state index in [0.29, 0.717) is 13.1 Å². The average molecular weight is 214 g/mol. The summed E-state index contributed by atoms with van der Waals surface area (Å²) in [7, 11) is 1.75. The molecule has 5 nitrogen and oxygen atoms in total. The topological polar surface area (TPSA) is 69.6 Å². The van der Waals surface area contributed by atoms with Gasteiger partial charge in [0.15, 0.2) is 5.78 Å². The molecule has 1 unspecified atom stereocenters. The molecule has 0 saturated carbocycles. The van der Waals surface area contributed by atoms with Gasteiger partial charge in [0.25, 0.3) is 0 Å². The van der Waals surface area contributed by atoms with E-state index in [4.69, 9.17) is 5.11 Å². The predicted molar refractivity (Wildman–Crippen MR) is 55.7 cm³/mol. The highest BCUT2D eigenvalue weighted by Gasteiger charge is 2.46. The average Bonchev–Trinajstić information content (AvgIpc) is 2.41. The molecule has 0 aromatic heterocycles. The number of hydrogen-bond donors (Lipinski definition) is 2. The second-order valence-corrected chi connectivity index (χ2v) is 4.24. The van der Waals surface area contributed by atoms with Gasteiger partial charge in [-0.3, -0.25) is 14.5 Å². The molecule has 5 heteroatoms. The van der Waals surface area contributed by atoms with Gasteiger partial charge in [0.2, 0.25) is 0 Å². The van der Waals surface area contributed by atoms with Crippen molar-refractivity contribution in [3.05, 3.63) is 0 Å². The zero-order valence-electron chi connectivity index (χ0n) is 9.41. The Labute approximate surface area is 89.4 Å². The third-order valence-corrected chi connectivity index (χ3v) is 3.28. The van der Waals surface area contributed by atoms with E-state index in [2.05, 4.69) is 5.32 Å². The normalized spacial score (nSPS) is 31.8. The Bertz CT molecular complexity index is 280. The van der Waals surface area contributed by atoms with Crippen molar-refractivity contribution < 1.29 is 14.7 Å². The van der Waals surface area contributed by atoms with Crippen LogP contribution in [0.5, 0.6) is 0 Å². The maximum Gasteiger partial charge on any atom is 0.317 e. The van der Waals surface area contributed by atoms with E-state index < -0.39 is 11.5 Å². The molecule has 1 saturated heterocycles. The van der Waals surface area contributed by atoms with E-state index in [9.17, 15) is 9.59 Å². The monoisotopic (exact) mass is 214 g/mol. The number of aliphatic carboxylic acids is 1. The lowest BCUT2D eigenvalue weighted by Gasteiger charge is -2.29. The van der Waals surface area contributed by atoms with Gasteiger partial charge >= 0.3 is 5.97 Å². The van der Waals surface area contributed by atoms with Gasteiger partial charge < -0.3 is 10.4 Å². The van der Waals surface area contributed by atoms with Gasteiger partial charge in [-0.25, -0.2) is 0 Å². The Hall–Kier alpha value is -0.940. The van der Waals surface area contributed by atoms with Crippen molar-refractivity contribution in [2.75, 3.05) is 26.7 Å². The number of ketones is 1. The minimum atomic E-state index is -0.849. The molecule has 1 aliphatic rings. The van der Waals surface area contributed by atoms with Crippen LogP contribution < -0.4 is 5.32 Å². The fourth-order valence-electron chi connectivity index (χ4n) is 2.39. The van der Waals surface area contributed by atoms with Gasteiger partial charge in [0, 0.05) is 13.1 Å². The molecule has 0 aromatic carbocycles. The number of likely N-dealkylation sites (N-methyl/N-ethyl adjacent to an activating group) is 1. The summed E-state index contributed by atoms with van der Waals surface area (Å²) in [4.78, 5) is 24.0.